The first-order chi connectivity index (χ1) is 11.1. The minimum absolute atomic E-state index is 0.265. The molecule has 3 rings (SSSR count). The van der Waals surface area contributed by atoms with Gasteiger partial charge < -0.3 is 14.7 Å². The van der Waals surface area contributed by atoms with Gasteiger partial charge in [-0.05, 0) is 56.4 Å². The number of nitrogens with zero attached hydrogens (tertiary/aromatic N) is 2. The summed E-state index contributed by atoms with van der Waals surface area (Å²) in [6, 6.07) is 17.4. The van der Waals surface area contributed by atoms with Crippen molar-refractivity contribution >= 4 is 28.5 Å². The Morgan fingerprint density at radius 1 is 1.09 bits per heavy atom. The number of phenols is 1. The van der Waals surface area contributed by atoms with Crippen molar-refractivity contribution in [3.8, 4) is 5.75 Å². The highest BCUT2D eigenvalue weighted by Gasteiger charge is 2.05. The number of pyridine rings is 1. The number of anilines is 1. The van der Waals surface area contributed by atoms with Crippen LogP contribution in [0.2, 0.25) is 0 Å². The molecule has 4 nitrogen and oxygen atoms in total. The topological polar surface area (TPSA) is 48.4 Å². The predicted molar refractivity (Wildman–Crippen MR) is 96.7 cm³/mol. The monoisotopic (exact) mass is 325 g/mol. The maximum absolute atomic E-state index is 9.54. The van der Waals surface area contributed by atoms with Crippen LogP contribution in [0, 0.1) is 0 Å². The number of hydrogen-bond acceptors (Lipinski definition) is 5. The number of para-hydroxylation sites is 1. The molecule has 0 aliphatic carbocycles. The fraction of sp³-hybridized carbons (Fsp3) is 0.167. The average molecular weight is 325 g/mol. The number of aromatic hydroxyl groups is 1. The van der Waals surface area contributed by atoms with E-state index in [1.165, 1.54) is 11.9 Å². The lowest BCUT2D eigenvalue weighted by molar-refractivity contribution is 0.397. The van der Waals surface area contributed by atoms with E-state index in [9.17, 15) is 5.11 Å². The number of rotatable bonds is 5. The lowest BCUT2D eigenvalue weighted by Crippen LogP contribution is -2.11. The number of hydrogen-bond donors (Lipinski definition) is 2. The molecule has 0 unspecified atom stereocenters. The number of nitrogens with one attached hydrogen (secondary N) is 1. The van der Waals surface area contributed by atoms with Crippen LogP contribution >= 0.6 is 11.9 Å². The zero-order valence-electron chi connectivity index (χ0n) is 13.2. The van der Waals surface area contributed by atoms with Gasteiger partial charge in [-0.1, -0.05) is 24.3 Å². The molecule has 0 saturated heterocycles. The first-order valence-corrected chi connectivity index (χ1v) is 8.19. The highest BCUT2D eigenvalue weighted by atomic mass is 32.2. The van der Waals surface area contributed by atoms with Crippen LogP contribution in [0.15, 0.2) is 59.5 Å². The van der Waals surface area contributed by atoms with Crippen molar-refractivity contribution in [3.63, 3.8) is 0 Å². The number of aromatic nitrogens is 1. The molecule has 2 N–H and O–H groups in total. The predicted octanol–water partition coefficient (Wildman–Crippen LogP) is 4.12. The molecule has 0 amide bonds. The largest absolute Gasteiger partial charge is 0.508 e. The normalized spacial score (nSPS) is 11.1. The molecule has 0 aliphatic heterocycles. The van der Waals surface area contributed by atoms with Gasteiger partial charge in [0.25, 0.3) is 0 Å². The quantitative estimate of drug-likeness (QED) is 0.691. The van der Waals surface area contributed by atoms with Crippen LogP contribution in [-0.2, 0) is 6.54 Å². The maximum atomic E-state index is 9.54. The summed E-state index contributed by atoms with van der Waals surface area (Å²) in [4.78, 5) is 7.83. The minimum atomic E-state index is 0.265. The number of benzene rings is 2. The molecule has 0 aliphatic rings. The molecule has 0 saturated carbocycles. The molecule has 0 atom stereocenters. The second-order valence-electron chi connectivity index (χ2n) is 5.62. The van der Waals surface area contributed by atoms with Crippen molar-refractivity contribution in [2.45, 2.75) is 11.4 Å². The Labute approximate surface area is 140 Å². The Morgan fingerprint density at radius 2 is 1.91 bits per heavy atom. The Morgan fingerprint density at radius 3 is 2.70 bits per heavy atom. The van der Waals surface area contributed by atoms with Crippen LogP contribution in [0.25, 0.3) is 10.9 Å². The van der Waals surface area contributed by atoms with E-state index < -0.39 is 0 Å². The van der Waals surface area contributed by atoms with E-state index in [4.69, 9.17) is 4.98 Å². The molecule has 0 bridgehead atoms. The summed E-state index contributed by atoms with van der Waals surface area (Å²) in [7, 11) is 4.07. The van der Waals surface area contributed by atoms with E-state index >= 15 is 0 Å². The molecule has 1 heterocycles. The number of phenolic OH excluding ortho intramolecular Hbond substituents is 1. The van der Waals surface area contributed by atoms with Crippen LogP contribution < -0.4 is 4.72 Å². The van der Waals surface area contributed by atoms with Crippen LogP contribution in [0.1, 0.15) is 5.69 Å². The Hall–Kier alpha value is -2.24. The van der Waals surface area contributed by atoms with E-state index in [1.54, 1.807) is 12.1 Å². The Bertz CT molecular complexity index is 820. The smallest absolute Gasteiger partial charge is 0.116 e. The van der Waals surface area contributed by atoms with E-state index in [0.717, 1.165) is 33.7 Å². The van der Waals surface area contributed by atoms with E-state index in [-0.39, 0.29) is 5.75 Å². The number of fused-ring (bicyclic) bond motifs is 1. The van der Waals surface area contributed by atoms with Gasteiger partial charge in [-0.3, -0.25) is 0 Å². The fourth-order valence-electron chi connectivity index (χ4n) is 2.34. The van der Waals surface area contributed by atoms with Gasteiger partial charge in [0.1, 0.15) is 5.75 Å². The Kier molecular flexibility index (Phi) is 4.69. The van der Waals surface area contributed by atoms with Crippen LogP contribution in [-0.4, -0.2) is 29.1 Å². The third kappa shape index (κ3) is 3.94. The summed E-state index contributed by atoms with van der Waals surface area (Å²) in [5, 5.41) is 10.6. The molecule has 1 aromatic heterocycles. The first kappa shape index (κ1) is 15.6. The van der Waals surface area contributed by atoms with Gasteiger partial charge in [-0.2, -0.15) is 0 Å². The van der Waals surface area contributed by atoms with Crippen LogP contribution in [0.5, 0.6) is 5.75 Å². The second-order valence-corrected chi connectivity index (χ2v) is 6.50. The Balaban J connectivity index is 1.87. The summed E-state index contributed by atoms with van der Waals surface area (Å²) in [6.07, 6.45) is 0. The third-order valence-electron chi connectivity index (χ3n) is 3.35. The second kappa shape index (κ2) is 6.89. The molecule has 3 aromatic rings. The van der Waals surface area contributed by atoms with E-state index in [2.05, 4.69) is 27.8 Å². The first-order valence-electron chi connectivity index (χ1n) is 7.37. The maximum Gasteiger partial charge on any atom is 0.116 e. The molecular formula is C18H19N3OS. The average Bonchev–Trinajstić information content (AvgIpc) is 2.52. The zero-order chi connectivity index (χ0) is 16.2. The van der Waals surface area contributed by atoms with Gasteiger partial charge >= 0.3 is 0 Å². The minimum Gasteiger partial charge on any atom is -0.508 e. The molecule has 2 aromatic carbocycles. The summed E-state index contributed by atoms with van der Waals surface area (Å²) in [5.74, 6) is 0.265. The lowest BCUT2D eigenvalue weighted by atomic mass is 10.2. The van der Waals surface area contributed by atoms with Crippen LogP contribution in [0.4, 0.5) is 5.69 Å². The van der Waals surface area contributed by atoms with Crippen molar-refractivity contribution in [3.05, 3.63) is 60.3 Å². The molecule has 118 valence electrons. The summed E-state index contributed by atoms with van der Waals surface area (Å²) >= 11 is 1.46. The molecule has 23 heavy (non-hydrogen) atoms. The summed E-state index contributed by atoms with van der Waals surface area (Å²) in [5.41, 5.74) is 2.97. The molecule has 0 fully saturated rings. The zero-order valence-corrected chi connectivity index (χ0v) is 14.0. The lowest BCUT2D eigenvalue weighted by Gasteiger charge is -2.12. The van der Waals surface area contributed by atoms with Crippen molar-refractivity contribution in [1.82, 2.24) is 9.88 Å². The van der Waals surface area contributed by atoms with Gasteiger partial charge in [0.2, 0.25) is 0 Å². The fourth-order valence-corrected chi connectivity index (χ4v) is 3.06. The molecule has 0 spiro atoms. The summed E-state index contributed by atoms with van der Waals surface area (Å²) in [6.45, 7) is 0.809. The van der Waals surface area contributed by atoms with Crippen molar-refractivity contribution < 1.29 is 5.11 Å². The third-order valence-corrected chi connectivity index (χ3v) is 4.16. The van der Waals surface area contributed by atoms with Gasteiger partial charge in [0, 0.05) is 16.8 Å². The molecule has 0 radical (unpaired) electrons. The van der Waals surface area contributed by atoms with Crippen molar-refractivity contribution in [2.75, 3.05) is 18.8 Å². The van der Waals surface area contributed by atoms with Crippen molar-refractivity contribution in [1.29, 1.82) is 0 Å². The highest BCUT2D eigenvalue weighted by molar-refractivity contribution is 8.00. The van der Waals surface area contributed by atoms with Gasteiger partial charge in [0.05, 0.1) is 16.9 Å². The summed E-state index contributed by atoms with van der Waals surface area (Å²) < 4.78 is 3.34. The molecule has 5 heteroatoms. The highest BCUT2D eigenvalue weighted by Crippen LogP contribution is 2.28. The van der Waals surface area contributed by atoms with Gasteiger partial charge in [-0.15, -0.1) is 0 Å². The van der Waals surface area contributed by atoms with E-state index in [0.29, 0.717) is 0 Å². The van der Waals surface area contributed by atoms with Crippen LogP contribution in [0.3, 0.4) is 0 Å². The van der Waals surface area contributed by atoms with Crippen molar-refractivity contribution in [2.24, 2.45) is 0 Å². The van der Waals surface area contributed by atoms with Gasteiger partial charge in [0.15, 0.2) is 0 Å². The van der Waals surface area contributed by atoms with Gasteiger partial charge in [-0.25, -0.2) is 4.98 Å². The SMILES string of the molecule is CN(C)Cc1ccc2cccc(NSc3cccc(O)c3)c2n1. The van der Waals surface area contributed by atoms with E-state index in [1.807, 2.05) is 38.4 Å². The standard InChI is InChI=1S/C18H19N3OS/c1-21(2)12-14-10-9-13-5-3-8-17(18(13)19-14)20-23-16-7-4-6-15(22)11-16/h3-11,20,22H,12H2,1-2H3. The molecular weight excluding hydrogens is 306 g/mol.